The van der Waals surface area contributed by atoms with Gasteiger partial charge in [0.05, 0.1) is 11.4 Å². The van der Waals surface area contributed by atoms with Crippen LogP contribution in [0.2, 0.25) is 0 Å². The highest BCUT2D eigenvalue weighted by Gasteiger charge is 2.55. The Balaban J connectivity index is 1.43. The van der Waals surface area contributed by atoms with E-state index in [0.29, 0.717) is 12.5 Å². The number of anilines is 1. The molecular formula is C16H17N3O2S2. The summed E-state index contributed by atoms with van der Waals surface area (Å²) < 4.78 is 5.93. The van der Waals surface area contributed by atoms with Gasteiger partial charge in [0.15, 0.2) is 0 Å². The number of rotatable bonds is 2. The number of hydrogen-bond donors (Lipinski definition) is 0. The van der Waals surface area contributed by atoms with E-state index in [4.69, 9.17) is 4.74 Å². The van der Waals surface area contributed by atoms with E-state index in [1.165, 1.54) is 0 Å². The summed E-state index contributed by atoms with van der Waals surface area (Å²) in [6.45, 7) is 3.88. The fourth-order valence-electron chi connectivity index (χ4n) is 4.11. The molecule has 0 aromatic carbocycles. The standard InChI is InChI=1S/C16H17N3O2S2/c20-15-19(13-2-1-12(23-13)14-17-5-8-22-14)10-16(21-15)9-18-6-3-11(16)4-7-18/h1-2,5,8,11H,3-4,6-7,9-10H2. The number of fused-ring (bicyclic) bond motifs is 2. The highest BCUT2D eigenvalue weighted by molar-refractivity contribution is 7.23. The van der Waals surface area contributed by atoms with Gasteiger partial charge in [-0.1, -0.05) is 0 Å². The van der Waals surface area contributed by atoms with Crippen LogP contribution in [0.15, 0.2) is 23.7 Å². The van der Waals surface area contributed by atoms with E-state index in [1.54, 1.807) is 22.7 Å². The Morgan fingerprint density at radius 2 is 2.13 bits per heavy atom. The molecule has 0 aliphatic carbocycles. The van der Waals surface area contributed by atoms with Crippen LogP contribution in [0.1, 0.15) is 12.8 Å². The molecule has 0 saturated carbocycles. The number of thiophene rings is 1. The van der Waals surface area contributed by atoms with Crippen molar-refractivity contribution in [3.8, 4) is 9.88 Å². The molecule has 4 aliphatic heterocycles. The zero-order chi connectivity index (χ0) is 15.4. The monoisotopic (exact) mass is 347 g/mol. The van der Waals surface area contributed by atoms with Crippen molar-refractivity contribution in [2.75, 3.05) is 31.1 Å². The van der Waals surface area contributed by atoms with E-state index in [9.17, 15) is 4.79 Å². The van der Waals surface area contributed by atoms with E-state index in [1.807, 2.05) is 28.6 Å². The maximum atomic E-state index is 12.5. The number of ether oxygens (including phenoxy) is 1. The Kier molecular flexibility index (Phi) is 3.05. The summed E-state index contributed by atoms with van der Waals surface area (Å²) in [6.07, 6.45) is 3.92. The smallest absolute Gasteiger partial charge is 0.415 e. The molecule has 2 aromatic rings. The predicted octanol–water partition coefficient (Wildman–Crippen LogP) is 3.29. The molecule has 5 nitrogen and oxygen atoms in total. The second kappa shape index (κ2) is 5.03. The van der Waals surface area contributed by atoms with Crippen LogP contribution in [-0.4, -0.2) is 47.8 Å². The van der Waals surface area contributed by atoms with Crippen molar-refractivity contribution in [1.82, 2.24) is 9.88 Å². The third-order valence-corrected chi connectivity index (χ3v) is 7.31. The molecule has 0 N–H and O–H groups in total. The zero-order valence-corrected chi connectivity index (χ0v) is 14.2. The molecule has 4 saturated heterocycles. The van der Waals surface area contributed by atoms with Gasteiger partial charge in [-0.25, -0.2) is 9.78 Å². The molecule has 1 amide bonds. The number of piperidine rings is 3. The van der Waals surface area contributed by atoms with E-state index >= 15 is 0 Å². The molecule has 1 spiro atoms. The molecule has 120 valence electrons. The number of thiazole rings is 1. The minimum atomic E-state index is -0.293. The molecule has 23 heavy (non-hydrogen) atoms. The van der Waals surface area contributed by atoms with Crippen LogP contribution in [0.3, 0.4) is 0 Å². The summed E-state index contributed by atoms with van der Waals surface area (Å²) in [7, 11) is 0. The Bertz CT molecular complexity index is 736. The summed E-state index contributed by atoms with van der Waals surface area (Å²) in [5.74, 6) is 0.514. The molecule has 2 bridgehead atoms. The van der Waals surface area contributed by atoms with Crippen LogP contribution >= 0.6 is 22.7 Å². The fourth-order valence-corrected chi connectivity index (χ4v) is 5.83. The molecule has 2 aromatic heterocycles. The zero-order valence-electron chi connectivity index (χ0n) is 12.6. The summed E-state index contributed by atoms with van der Waals surface area (Å²) in [6, 6.07) is 4.07. The lowest BCUT2D eigenvalue weighted by atomic mass is 9.75. The number of hydrogen-bond acceptors (Lipinski definition) is 6. The van der Waals surface area contributed by atoms with Crippen molar-refractivity contribution >= 4 is 33.8 Å². The van der Waals surface area contributed by atoms with Gasteiger partial charge in [-0.15, -0.1) is 22.7 Å². The topological polar surface area (TPSA) is 45.7 Å². The lowest BCUT2D eigenvalue weighted by molar-refractivity contribution is -0.0881. The molecule has 6 heterocycles. The van der Waals surface area contributed by atoms with Crippen molar-refractivity contribution < 1.29 is 9.53 Å². The van der Waals surface area contributed by atoms with E-state index in [-0.39, 0.29) is 11.7 Å². The molecular weight excluding hydrogens is 330 g/mol. The van der Waals surface area contributed by atoms with Crippen molar-refractivity contribution in [3.63, 3.8) is 0 Å². The average molecular weight is 347 g/mol. The largest absolute Gasteiger partial charge is 0.439 e. The first kappa shape index (κ1) is 13.9. The molecule has 6 rings (SSSR count). The number of nitrogens with zero attached hydrogens (tertiary/aromatic N) is 3. The van der Waals surface area contributed by atoms with E-state index in [2.05, 4.69) is 9.88 Å². The molecule has 0 radical (unpaired) electrons. The lowest BCUT2D eigenvalue weighted by Crippen LogP contribution is -2.61. The first-order valence-electron chi connectivity index (χ1n) is 7.96. The molecule has 4 aliphatic rings. The first-order chi connectivity index (χ1) is 11.2. The summed E-state index contributed by atoms with van der Waals surface area (Å²) in [5.41, 5.74) is -0.293. The minimum absolute atomic E-state index is 0.189. The van der Waals surface area contributed by atoms with E-state index < -0.39 is 0 Å². The maximum Gasteiger partial charge on any atom is 0.415 e. The van der Waals surface area contributed by atoms with Gasteiger partial charge in [-0.3, -0.25) is 9.80 Å². The first-order valence-corrected chi connectivity index (χ1v) is 9.66. The van der Waals surface area contributed by atoms with Crippen LogP contribution in [0.4, 0.5) is 9.80 Å². The Labute approximate surface area is 142 Å². The number of carbonyl (C=O) groups excluding carboxylic acids is 1. The second-order valence-electron chi connectivity index (χ2n) is 6.54. The van der Waals surface area contributed by atoms with Crippen molar-refractivity contribution in [1.29, 1.82) is 0 Å². The summed E-state index contributed by atoms with van der Waals surface area (Å²) in [5, 5.41) is 3.95. The average Bonchev–Trinajstić information content (AvgIpc) is 3.28. The Morgan fingerprint density at radius 3 is 2.83 bits per heavy atom. The van der Waals surface area contributed by atoms with Crippen molar-refractivity contribution in [3.05, 3.63) is 23.7 Å². The highest BCUT2D eigenvalue weighted by atomic mass is 32.1. The van der Waals surface area contributed by atoms with Gasteiger partial charge in [0.2, 0.25) is 0 Å². The summed E-state index contributed by atoms with van der Waals surface area (Å²) >= 11 is 3.24. The van der Waals surface area contributed by atoms with E-state index in [0.717, 1.165) is 47.4 Å². The molecule has 7 heteroatoms. The van der Waals surface area contributed by atoms with Gasteiger partial charge in [0, 0.05) is 24.0 Å². The van der Waals surface area contributed by atoms with Gasteiger partial charge >= 0.3 is 6.09 Å². The van der Waals surface area contributed by atoms with Crippen LogP contribution in [0, 0.1) is 5.92 Å². The second-order valence-corrected chi connectivity index (χ2v) is 8.50. The third-order valence-electron chi connectivity index (χ3n) is 5.26. The van der Waals surface area contributed by atoms with Gasteiger partial charge in [-0.2, -0.15) is 0 Å². The normalized spacial score (nSPS) is 32.7. The number of carbonyl (C=O) groups is 1. The molecule has 4 fully saturated rings. The minimum Gasteiger partial charge on any atom is -0.439 e. The SMILES string of the molecule is O=C1OC2(CN3CCC2CC3)CN1c1ccc(-c2nccs2)s1. The molecule has 1 atom stereocenters. The van der Waals surface area contributed by atoms with Gasteiger partial charge in [0.25, 0.3) is 0 Å². The summed E-state index contributed by atoms with van der Waals surface area (Å²) in [4.78, 5) is 22.2. The number of aromatic nitrogens is 1. The third kappa shape index (κ3) is 2.14. The van der Waals surface area contributed by atoms with Crippen LogP contribution in [0.25, 0.3) is 9.88 Å². The van der Waals surface area contributed by atoms with Crippen molar-refractivity contribution in [2.24, 2.45) is 5.92 Å². The highest BCUT2D eigenvalue weighted by Crippen LogP contribution is 2.45. The Morgan fingerprint density at radius 1 is 1.26 bits per heavy atom. The number of amides is 1. The maximum absolute atomic E-state index is 12.5. The predicted molar refractivity (Wildman–Crippen MR) is 91.1 cm³/mol. The van der Waals surface area contributed by atoms with Crippen molar-refractivity contribution in [2.45, 2.75) is 18.4 Å². The quantitative estimate of drug-likeness (QED) is 0.836. The van der Waals surface area contributed by atoms with Crippen LogP contribution in [-0.2, 0) is 4.74 Å². The van der Waals surface area contributed by atoms with Gasteiger partial charge in [-0.05, 0) is 38.1 Å². The lowest BCUT2D eigenvalue weighted by Gasteiger charge is -2.49. The fraction of sp³-hybridized carbons (Fsp3) is 0.500. The molecule has 1 unspecified atom stereocenters. The van der Waals surface area contributed by atoms with Gasteiger partial charge in [0.1, 0.15) is 15.6 Å². The Hall–Kier alpha value is -1.44. The van der Waals surface area contributed by atoms with Crippen LogP contribution in [0.5, 0.6) is 0 Å². The van der Waals surface area contributed by atoms with Gasteiger partial charge < -0.3 is 4.74 Å². The van der Waals surface area contributed by atoms with Crippen LogP contribution < -0.4 is 4.90 Å².